The zero-order chi connectivity index (χ0) is 25.8. The first-order valence-electron chi connectivity index (χ1n) is 12.6. The van der Waals surface area contributed by atoms with Gasteiger partial charge in [-0.2, -0.15) is 0 Å². The van der Waals surface area contributed by atoms with Gasteiger partial charge in [-0.1, -0.05) is 58.9 Å². The highest BCUT2D eigenvalue weighted by atomic mass is 16.5. The van der Waals surface area contributed by atoms with Crippen LogP contribution in [0.5, 0.6) is 0 Å². The summed E-state index contributed by atoms with van der Waals surface area (Å²) in [6.45, 7) is 10.3. The second-order valence-corrected chi connectivity index (χ2v) is 11.2. The normalized spacial score (nSPS) is 22.5. The van der Waals surface area contributed by atoms with Gasteiger partial charge in [-0.3, -0.25) is 19.3 Å². The number of hydrogen-bond acceptors (Lipinski definition) is 5. The van der Waals surface area contributed by atoms with Gasteiger partial charge in [0.05, 0.1) is 0 Å². The molecule has 35 heavy (non-hydrogen) atoms. The lowest BCUT2D eigenvalue weighted by atomic mass is 9.67. The Labute approximate surface area is 208 Å². The average molecular weight is 486 g/mol. The van der Waals surface area contributed by atoms with E-state index in [9.17, 15) is 19.2 Å². The molecule has 0 unspecified atom stereocenters. The van der Waals surface area contributed by atoms with E-state index in [1.165, 1.54) is 5.56 Å². The fourth-order valence-electron chi connectivity index (χ4n) is 4.92. The molecule has 0 atom stereocenters. The van der Waals surface area contributed by atoms with Gasteiger partial charge in [-0.25, -0.2) is 4.79 Å². The van der Waals surface area contributed by atoms with Gasteiger partial charge in [-0.05, 0) is 60.5 Å². The van der Waals surface area contributed by atoms with Crippen molar-refractivity contribution in [1.82, 2.24) is 15.5 Å². The molecule has 3 rings (SSSR count). The van der Waals surface area contributed by atoms with Crippen LogP contribution in [0.3, 0.4) is 0 Å². The van der Waals surface area contributed by atoms with Crippen molar-refractivity contribution in [3.05, 3.63) is 35.4 Å². The van der Waals surface area contributed by atoms with Crippen molar-refractivity contribution in [2.24, 2.45) is 11.3 Å². The molecule has 0 radical (unpaired) electrons. The summed E-state index contributed by atoms with van der Waals surface area (Å²) in [5.74, 6) is -0.636. The molecule has 1 saturated carbocycles. The zero-order valence-electron chi connectivity index (χ0n) is 21.6. The van der Waals surface area contributed by atoms with E-state index < -0.39 is 36.6 Å². The van der Waals surface area contributed by atoms with Gasteiger partial charge < -0.3 is 15.4 Å². The molecule has 0 aromatic heterocycles. The van der Waals surface area contributed by atoms with Crippen LogP contribution in [0.15, 0.2) is 24.3 Å². The third kappa shape index (κ3) is 6.61. The van der Waals surface area contributed by atoms with Gasteiger partial charge in [0.25, 0.3) is 11.8 Å². The van der Waals surface area contributed by atoms with Gasteiger partial charge >= 0.3 is 12.0 Å². The summed E-state index contributed by atoms with van der Waals surface area (Å²) in [6.07, 6.45) is 3.48. The van der Waals surface area contributed by atoms with Crippen LogP contribution in [0.1, 0.15) is 77.3 Å². The van der Waals surface area contributed by atoms with Crippen molar-refractivity contribution in [3.63, 3.8) is 0 Å². The first kappa shape index (κ1) is 26.7. The fourth-order valence-corrected chi connectivity index (χ4v) is 4.92. The maximum absolute atomic E-state index is 13.0. The molecule has 1 aromatic carbocycles. The average Bonchev–Trinajstić information content (AvgIpc) is 3.01. The van der Waals surface area contributed by atoms with Crippen molar-refractivity contribution >= 4 is 23.8 Å². The molecule has 0 bridgehead atoms. The molecule has 2 aliphatic rings. The molecule has 8 nitrogen and oxygen atoms in total. The lowest BCUT2D eigenvalue weighted by Crippen LogP contribution is -2.50. The number of amides is 4. The van der Waals surface area contributed by atoms with Crippen molar-refractivity contribution in [3.8, 4) is 0 Å². The summed E-state index contributed by atoms with van der Waals surface area (Å²) in [6, 6.07) is 7.68. The Morgan fingerprint density at radius 3 is 2.34 bits per heavy atom. The highest BCUT2D eigenvalue weighted by molar-refractivity contribution is 6.08. The number of carbonyl (C=O) groups excluding carboxylic acids is 4. The van der Waals surface area contributed by atoms with Gasteiger partial charge in [0.1, 0.15) is 12.1 Å². The molecule has 1 spiro atoms. The van der Waals surface area contributed by atoms with E-state index in [-0.39, 0.29) is 11.3 Å². The third-order valence-corrected chi connectivity index (χ3v) is 7.34. The standard InChI is InChI=1S/C27H39N3O5/c1-18(2)20-8-6-19(7-9-20)12-15-28-22(31)17-35-23(32)16-30-24(33)27(29-25(30)34)13-10-21(11-14-27)26(3,4)5/h6-9,18,21H,10-17H2,1-5H3,(H,28,31)(H,29,34). The highest BCUT2D eigenvalue weighted by Gasteiger charge is 2.53. The van der Waals surface area contributed by atoms with Gasteiger partial charge in [0, 0.05) is 6.54 Å². The number of esters is 1. The Morgan fingerprint density at radius 2 is 1.77 bits per heavy atom. The third-order valence-electron chi connectivity index (χ3n) is 7.34. The van der Waals surface area contributed by atoms with Gasteiger partial charge in [-0.15, -0.1) is 0 Å². The lowest BCUT2D eigenvalue weighted by molar-refractivity contribution is -0.151. The summed E-state index contributed by atoms with van der Waals surface area (Å²) in [7, 11) is 0. The minimum atomic E-state index is -0.927. The SMILES string of the molecule is CC(C)c1ccc(CCNC(=O)COC(=O)CN2C(=O)NC3(CCC(C(C)(C)C)CC3)C2=O)cc1. The van der Waals surface area contributed by atoms with E-state index in [0.717, 1.165) is 23.3 Å². The zero-order valence-corrected chi connectivity index (χ0v) is 21.6. The summed E-state index contributed by atoms with van der Waals surface area (Å²) >= 11 is 0. The van der Waals surface area contributed by atoms with E-state index in [1.807, 2.05) is 12.1 Å². The van der Waals surface area contributed by atoms with Crippen LogP contribution < -0.4 is 10.6 Å². The maximum atomic E-state index is 13.0. The number of ether oxygens (including phenoxy) is 1. The van der Waals surface area contributed by atoms with Crippen LogP contribution in [0.25, 0.3) is 0 Å². The molecule has 1 aliphatic carbocycles. The molecule has 1 aliphatic heterocycles. The summed E-state index contributed by atoms with van der Waals surface area (Å²) in [5, 5.41) is 5.54. The minimum Gasteiger partial charge on any atom is -0.454 e. The number of hydrogen-bond donors (Lipinski definition) is 2. The quantitative estimate of drug-likeness (QED) is 0.433. The number of imide groups is 1. The van der Waals surface area contributed by atoms with Crippen LogP contribution in [-0.4, -0.2) is 54.0 Å². The molecule has 2 fully saturated rings. The predicted octanol–water partition coefficient (Wildman–Crippen LogP) is 3.54. The summed E-state index contributed by atoms with van der Waals surface area (Å²) in [4.78, 5) is 50.7. The largest absolute Gasteiger partial charge is 0.454 e. The number of nitrogens with one attached hydrogen (secondary N) is 2. The Balaban J connectivity index is 1.40. The van der Waals surface area contributed by atoms with Crippen LogP contribution >= 0.6 is 0 Å². The summed E-state index contributed by atoms with van der Waals surface area (Å²) in [5.41, 5.74) is 1.59. The molecule has 192 valence electrons. The van der Waals surface area contributed by atoms with Gasteiger partial charge in [0.15, 0.2) is 6.61 Å². The molecule has 1 heterocycles. The second kappa shape index (κ2) is 10.8. The molecule has 4 amide bonds. The molecular weight excluding hydrogens is 446 g/mol. The van der Waals surface area contributed by atoms with Crippen molar-refractivity contribution < 1.29 is 23.9 Å². The molecule has 1 aromatic rings. The van der Waals surface area contributed by atoms with E-state index in [2.05, 4.69) is 57.4 Å². The van der Waals surface area contributed by atoms with Crippen LogP contribution in [0.2, 0.25) is 0 Å². The Hall–Kier alpha value is -2.90. The van der Waals surface area contributed by atoms with Crippen LogP contribution in [0, 0.1) is 11.3 Å². The molecule has 1 saturated heterocycles. The monoisotopic (exact) mass is 485 g/mol. The Kier molecular flexibility index (Phi) is 8.23. The maximum Gasteiger partial charge on any atom is 0.326 e. The second-order valence-electron chi connectivity index (χ2n) is 11.2. The smallest absolute Gasteiger partial charge is 0.326 e. The number of carbonyl (C=O) groups is 4. The number of rotatable bonds is 8. The molecular formula is C27H39N3O5. The summed E-state index contributed by atoms with van der Waals surface area (Å²) < 4.78 is 5.02. The highest BCUT2D eigenvalue weighted by Crippen LogP contribution is 2.43. The number of nitrogens with zero attached hydrogens (tertiary/aromatic N) is 1. The topological polar surface area (TPSA) is 105 Å². The number of benzene rings is 1. The van der Waals surface area contributed by atoms with Crippen LogP contribution in [0.4, 0.5) is 4.79 Å². The van der Waals surface area contributed by atoms with E-state index >= 15 is 0 Å². The Morgan fingerprint density at radius 1 is 1.14 bits per heavy atom. The lowest BCUT2D eigenvalue weighted by Gasteiger charge is -2.40. The van der Waals surface area contributed by atoms with Crippen molar-refractivity contribution in [1.29, 1.82) is 0 Å². The fraction of sp³-hybridized carbons (Fsp3) is 0.630. The van der Waals surface area contributed by atoms with Crippen LogP contribution in [-0.2, 0) is 25.5 Å². The predicted molar refractivity (Wildman–Crippen MR) is 133 cm³/mol. The molecule has 8 heteroatoms. The first-order valence-corrected chi connectivity index (χ1v) is 12.6. The van der Waals surface area contributed by atoms with E-state index in [1.54, 1.807) is 0 Å². The molecule has 2 N–H and O–H groups in total. The van der Waals surface area contributed by atoms with E-state index in [4.69, 9.17) is 4.74 Å². The first-order chi connectivity index (χ1) is 16.4. The number of urea groups is 1. The minimum absolute atomic E-state index is 0.149. The van der Waals surface area contributed by atoms with Crippen molar-refractivity contribution in [2.45, 2.75) is 78.2 Å². The van der Waals surface area contributed by atoms with E-state index in [0.29, 0.717) is 37.6 Å². The Bertz CT molecular complexity index is 941. The van der Waals surface area contributed by atoms with Crippen molar-refractivity contribution in [2.75, 3.05) is 19.7 Å². The van der Waals surface area contributed by atoms with Gasteiger partial charge in [0.2, 0.25) is 0 Å².